The van der Waals surface area contributed by atoms with Crippen molar-refractivity contribution >= 4 is 34.0 Å². The molecular formula is C22H25NO4S. The zero-order valence-corrected chi connectivity index (χ0v) is 17.1. The van der Waals surface area contributed by atoms with Crippen LogP contribution < -0.4 is 5.32 Å². The molecule has 3 rings (SSSR count). The zero-order valence-electron chi connectivity index (χ0n) is 16.2. The van der Waals surface area contributed by atoms with E-state index < -0.39 is 0 Å². The summed E-state index contributed by atoms with van der Waals surface area (Å²) in [6.07, 6.45) is 2.97. The predicted octanol–water partition coefficient (Wildman–Crippen LogP) is 4.65. The van der Waals surface area contributed by atoms with Gasteiger partial charge in [0.25, 0.3) is 0 Å². The van der Waals surface area contributed by atoms with E-state index >= 15 is 0 Å². The second-order valence-corrected chi connectivity index (χ2v) is 8.22. The first kappa shape index (κ1) is 20.3. The highest BCUT2D eigenvalue weighted by Gasteiger charge is 2.29. The lowest BCUT2D eigenvalue weighted by molar-refractivity contribution is -0.116. The van der Waals surface area contributed by atoms with Crippen molar-refractivity contribution in [1.82, 2.24) is 0 Å². The second kappa shape index (κ2) is 9.15. The van der Waals surface area contributed by atoms with Gasteiger partial charge in [0.1, 0.15) is 5.00 Å². The van der Waals surface area contributed by atoms with Gasteiger partial charge >= 0.3 is 5.97 Å². The van der Waals surface area contributed by atoms with Crippen LogP contribution in [-0.4, -0.2) is 24.3 Å². The Balaban J connectivity index is 1.71. The first-order chi connectivity index (χ1) is 13.5. The van der Waals surface area contributed by atoms with E-state index in [0.717, 1.165) is 29.7 Å². The number of hydrogen-bond acceptors (Lipinski definition) is 5. The Bertz CT molecular complexity index is 872. The van der Waals surface area contributed by atoms with E-state index in [1.165, 1.54) is 11.3 Å². The van der Waals surface area contributed by atoms with Crippen molar-refractivity contribution in [2.75, 3.05) is 11.9 Å². The molecule has 1 amide bonds. The van der Waals surface area contributed by atoms with E-state index in [2.05, 4.69) is 12.2 Å². The Morgan fingerprint density at radius 1 is 1.18 bits per heavy atom. The number of fused-ring (bicyclic) bond motifs is 1. The average molecular weight is 400 g/mol. The lowest BCUT2D eigenvalue weighted by Gasteiger charge is -2.18. The van der Waals surface area contributed by atoms with Crippen LogP contribution in [0.25, 0.3) is 0 Å². The van der Waals surface area contributed by atoms with Gasteiger partial charge in [-0.25, -0.2) is 4.79 Å². The standard InChI is InChI=1S/C22H25NO4S/c1-3-27-22(26)20-16-10-9-14(2)13-18(16)28-21(20)23-19(25)12-11-17(24)15-7-5-4-6-8-15/h4-8,14H,3,9-13H2,1-2H3,(H,23,25). The quantitative estimate of drug-likeness (QED) is 0.543. The molecule has 0 saturated carbocycles. The molecule has 0 radical (unpaired) electrons. The lowest BCUT2D eigenvalue weighted by Crippen LogP contribution is -2.17. The van der Waals surface area contributed by atoms with Crippen LogP contribution in [0.1, 0.15) is 64.3 Å². The molecule has 0 aliphatic heterocycles. The number of hydrogen-bond donors (Lipinski definition) is 1. The number of ether oxygens (including phenoxy) is 1. The summed E-state index contributed by atoms with van der Waals surface area (Å²) in [5.41, 5.74) is 2.11. The normalized spacial score (nSPS) is 15.6. The zero-order chi connectivity index (χ0) is 20.1. The van der Waals surface area contributed by atoms with Crippen LogP contribution in [0.15, 0.2) is 30.3 Å². The Hall–Kier alpha value is -2.47. The SMILES string of the molecule is CCOC(=O)c1c(NC(=O)CCC(=O)c2ccccc2)sc2c1CCC(C)C2. The molecule has 1 aliphatic rings. The molecular weight excluding hydrogens is 374 g/mol. The molecule has 0 saturated heterocycles. The molecule has 148 valence electrons. The van der Waals surface area contributed by atoms with Crippen LogP contribution in [0.2, 0.25) is 0 Å². The fourth-order valence-electron chi connectivity index (χ4n) is 3.44. The summed E-state index contributed by atoms with van der Waals surface area (Å²) in [6, 6.07) is 8.94. The maximum absolute atomic E-state index is 12.5. The topological polar surface area (TPSA) is 72.5 Å². The highest BCUT2D eigenvalue weighted by molar-refractivity contribution is 7.17. The van der Waals surface area contributed by atoms with Crippen molar-refractivity contribution in [2.24, 2.45) is 5.92 Å². The molecule has 0 spiro atoms. The maximum Gasteiger partial charge on any atom is 0.341 e. The van der Waals surface area contributed by atoms with Crippen LogP contribution in [0.3, 0.4) is 0 Å². The van der Waals surface area contributed by atoms with Gasteiger partial charge in [-0.05, 0) is 37.7 Å². The molecule has 2 aromatic rings. The predicted molar refractivity (Wildman–Crippen MR) is 110 cm³/mol. The van der Waals surface area contributed by atoms with Crippen LogP contribution in [0, 0.1) is 5.92 Å². The maximum atomic E-state index is 12.5. The summed E-state index contributed by atoms with van der Waals surface area (Å²) in [4.78, 5) is 38.3. The molecule has 6 heteroatoms. The van der Waals surface area contributed by atoms with Crippen molar-refractivity contribution in [2.45, 2.75) is 46.0 Å². The van der Waals surface area contributed by atoms with Gasteiger partial charge in [0, 0.05) is 23.3 Å². The number of benzene rings is 1. The van der Waals surface area contributed by atoms with E-state index in [-0.39, 0.29) is 30.5 Å². The Morgan fingerprint density at radius 3 is 2.64 bits per heavy atom. The third kappa shape index (κ3) is 4.68. The van der Waals surface area contributed by atoms with E-state index in [1.807, 2.05) is 6.07 Å². The largest absolute Gasteiger partial charge is 0.462 e. The van der Waals surface area contributed by atoms with Gasteiger partial charge in [0.05, 0.1) is 12.2 Å². The Kier molecular flexibility index (Phi) is 6.62. The minimum Gasteiger partial charge on any atom is -0.462 e. The first-order valence-corrected chi connectivity index (χ1v) is 10.5. The van der Waals surface area contributed by atoms with Gasteiger partial charge in [-0.1, -0.05) is 37.3 Å². The smallest absolute Gasteiger partial charge is 0.341 e. The number of carbonyl (C=O) groups excluding carboxylic acids is 3. The van der Waals surface area contributed by atoms with Crippen LogP contribution in [0.4, 0.5) is 5.00 Å². The van der Waals surface area contributed by atoms with E-state index in [4.69, 9.17) is 4.74 Å². The van der Waals surface area contributed by atoms with Crippen molar-refractivity contribution in [1.29, 1.82) is 0 Å². The summed E-state index contributed by atoms with van der Waals surface area (Å²) < 4.78 is 5.22. The average Bonchev–Trinajstić information content (AvgIpc) is 3.03. The third-order valence-electron chi connectivity index (χ3n) is 4.92. The fourth-order valence-corrected chi connectivity index (χ4v) is 4.86. The third-order valence-corrected chi connectivity index (χ3v) is 6.09. The van der Waals surface area contributed by atoms with Gasteiger partial charge in [0.15, 0.2) is 5.78 Å². The molecule has 1 aromatic heterocycles. The highest BCUT2D eigenvalue weighted by Crippen LogP contribution is 2.40. The monoisotopic (exact) mass is 399 g/mol. The van der Waals surface area contributed by atoms with Crippen LogP contribution >= 0.6 is 11.3 Å². The molecule has 1 unspecified atom stereocenters. The number of esters is 1. The summed E-state index contributed by atoms with van der Waals surface area (Å²) >= 11 is 1.46. The molecule has 1 N–H and O–H groups in total. The molecule has 1 aliphatic carbocycles. The van der Waals surface area contributed by atoms with E-state index in [1.54, 1.807) is 31.2 Å². The van der Waals surface area contributed by atoms with E-state index in [9.17, 15) is 14.4 Å². The molecule has 0 bridgehead atoms. The van der Waals surface area contributed by atoms with Gasteiger partial charge in [-0.3, -0.25) is 9.59 Å². The van der Waals surface area contributed by atoms with Gasteiger partial charge < -0.3 is 10.1 Å². The summed E-state index contributed by atoms with van der Waals surface area (Å²) in [5, 5.41) is 3.41. The summed E-state index contributed by atoms with van der Waals surface area (Å²) in [6.45, 7) is 4.26. The summed E-state index contributed by atoms with van der Waals surface area (Å²) in [7, 11) is 0. The number of rotatable bonds is 7. The number of anilines is 1. The summed E-state index contributed by atoms with van der Waals surface area (Å²) in [5.74, 6) is -0.152. The molecule has 0 fully saturated rings. The van der Waals surface area contributed by atoms with Crippen LogP contribution in [-0.2, 0) is 22.4 Å². The highest BCUT2D eigenvalue weighted by atomic mass is 32.1. The van der Waals surface area contributed by atoms with Gasteiger partial charge in [0.2, 0.25) is 5.91 Å². The minimum atomic E-state index is -0.384. The van der Waals surface area contributed by atoms with Crippen LogP contribution in [0.5, 0.6) is 0 Å². The number of amides is 1. The minimum absolute atomic E-state index is 0.0688. The molecule has 1 aromatic carbocycles. The number of Topliss-reactive ketones (excluding diaryl/α,β-unsaturated/α-hetero) is 1. The number of thiophene rings is 1. The molecule has 1 atom stereocenters. The number of ketones is 1. The second-order valence-electron chi connectivity index (χ2n) is 7.11. The Morgan fingerprint density at radius 2 is 1.93 bits per heavy atom. The first-order valence-electron chi connectivity index (χ1n) is 9.69. The number of carbonyl (C=O) groups is 3. The molecule has 5 nitrogen and oxygen atoms in total. The van der Waals surface area contributed by atoms with Crippen molar-refractivity contribution in [3.63, 3.8) is 0 Å². The van der Waals surface area contributed by atoms with E-state index in [0.29, 0.717) is 28.7 Å². The van der Waals surface area contributed by atoms with Gasteiger partial charge in [-0.15, -0.1) is 11.3 Å². The lowest BCUT2D eigenvalue weighted by atomic mass is 9.88. The molecule has 1 heterocycles. The number of nitrogens with one attached hydrogen (secondary N) is 1. The Labute approximate surface area is 169 Å². The molecule has 28 heavy (non-hydrogen) atoms. The van der Waals surface area contributed by atoms with Crippen molar-refractivity contribution in [3.8, 4) is 0 Å². The fraction of sp³-hybridized carbons (Fsp3) is 0.409. The van der Waals surface area contributed by atoms with Crippen molar-refractivity contribution < 1.29 is 19.1 Å². The van der Waals surface area contributed by atoms with Gasteiger partial charge in [-0.2, -0.15) is 0 Å². The van der Waals surface area contributed by atoms with Crippen molar-refractivity contribution in [3.05, 3.63) is 51.9 Å².